The van der Waals surface area contributed by atoms with Crippen molar-refractivity contribution in [1.29, 1.82) is 0 Å². The molecule has 1 atom stereocenters. The molecule has 0 aromatic carbocycles. The monoisotopic (exact) mass is 334 g/mol. The molecule has 5 heteroatoms. The molecule has 0 saturated carbocycles. The fourth-order valence-corrected chi connectivity index (χ4v) is 4.42. The fraction of sp³-hybridized carbons (Fsp3) is 0.722. The van der Waals surface area contributed by atoms with Gasteiger partial charge in [-0.2, -0.15) is 0 Å². The van der Waals surface area contributed by atoms with Crippen LogP contribution in [0.3, 0.4) is 0 Å². The van der Waals surface area contributed by atoms with Gasteiger partial charge in [0.05, 0.1) is 0 Å². The summed E-state index contributed by atoms with van der Waals surface area (Å²) in [5.41, 5.74) is 6.21. The Hall–Kier alpha value is -1.07. The van der Waals surface area contributed by atoms with Gasteiger partial charge >= 0.3 is 0 Å². The molecule has 3 heterocycles. The van der Waals surface area contributed by atoms with Crippen LogP contribution in [-0.2, 0) is 6.54 Å². The van der Waals surface area contributed by atoms with Crippen LogP contribution in [0.5, 0.6) is 0 Å². The number of hydrogen-bond acceptors (Lipinski definition) is 3. The van der Waals surface area contributed by atoms with Gasteiger partial charge in [0.25, 0.3) is 0 Å². The van der Waals surface area contributed by atoms with Gasteiger partial charge in [-0.15, -0.1) is 11.3 Å². The van der Waals surface area contributed by atoms with E-state index in [2.05, 4.69) is 34.2 Å². The third-order valence-corrected chi connectivity index (χ3v) is 6.02. The topological polar surface area (TPSA) is 44.9 Å². The number of piperidine rings is 2. The highest BCUT2D eigenvalue weighted by molar-refractivity contribution is 7.09. The minimum absolute atomic E-state index is 0.704. The van der Waals surface area contributed by atoms with Crippen LogP contribution in [0, 0.1) is 11.8 Å². The molecular weight excluding hydrogens is 304 g/mol. The maximum Gasteiger partial charge on any atom is 0.191 e. The van der Waals surface area contributed by atoms with Crippen molar-refractivity contribution in [2.75, 3.05) is 32.7 Å². The summed E-state index contributed by atoms with van der Waals surface area (Å²) < 4.78 is 0. The maximum atomic E-state index is 6.21. The number of hydrogen-bond donors (Lipinski definition) is 1. The molecule has 2 fully saturated rings. The first-order chi connectivity index (χ1) is 11.2. The zero-order valence-electron chi connectivity index (χ0n) is 14.3. The lowest BCUT2D eigenvalue weighted by Crippen LogP contribution is -2.44. The second-order valence-corrected chi connectivity index (χ2v) is 8.22. The molecule has 1 aromatic rings. The molecule has 4 nitrogen and oxygen atoms in total. The molecule has 0 bridgehead atoms. The highest BCUT2D eigenvalue weighted by Crippen LogP contribution is 2.21. The number of guanidine groups is 1. The van der Waals surface area contributed by atoms with Gasteiger partial charge in [0.15, 0.2) is 5.96 Å². The summed E-state index contributed by atoms with van der Waals surface area (Å²) in [5, 5.41) is 2.17. The average molecular weight is 335 g/mol. The van der Waals surface area contributed by atoms with Gasteiger partial charge in [0, 0.05) is 31.1 Å². The summed E-state index contributed by atoms with van der Waals surface area (Å²) in [6.45, 7) is 8.87. The average Bonchev–Trinajstić information content (AvgIpc) is 3.07. The third kappa shape index (κ3) is 4.95. The summed E-state index contributed by atoms with van der Waals surface area (Å²) in [7, 11) is 0. The van der Waals surface area contributed by atoms with Gasteiger partial charge in [-0.05, 0) is 62.1 Å². The summed E-state index contributed by atoms with van der Waals surface area (Å²) in [5.74, 6) is 2.23. The highest BCUT2D eigenvalue weighted by atomic mass is 32.1. The predicted molar refractivity (Wildman–Crippen MR) is 98.8 cm³/mol. The van der Waals surface area contributed by atoms with E-state index in [0.29, 0.717) is 5.92 Å². The van der Waals surface area contributed by atoms with Crippen LogP contribution in [0.2, 0.25) is 0 Å². The highest BCUT2D eigenvalue weighted by Gasteiger charge is 2.21. The second-order valence-electron chi connectivity index (χ2n) is 7.19. The molecule has 2 N–H and O–H groups in total. The van der Waals surface area contributed by atoms with Crippen LogP contribution in [-0.4, -0.2) is 48.5 Å². The van der Waals surface area contributed by atoms with Crippen molar-refractivity contribution in [1.82, 2.24) is 9.80 Å². The quantitative estimate of drug-likeness (QED) is 0.680. The van der Waals surface area contributed by atoms with Crippen LogP contribution in [0.1, 0.15) is 37.5 Å². The van der Waals surface area contributed by atoms with Crippen molar-refractivity contribution in [3.8, 4) is 0 Å². The lowest BCUT2D eigenvalue weighted by atomic mass is 9.97. The number of likely N-dealkylation sites (tertiary alicyclic amines) is 2. The van der Waals surface area contributed by atoms with Crippen molar-refractivity contribution in [3.63, 3.8) is 0 Å². The van der Waals surface area contributed by atoms with E-state index in [-0.39, 0.29) is 0 Å². The van der Waals surface area contributed by atoms with E-state index in [1.54, 1.807) is 0 Å². The zero-order valence-corrected chi connectivity index (χ0v) is 15.1. The molecule has 128 valence electrons. The molecule has 0 radical (unpaired) electrons. The number of aliphatic imine (C=N–C) groups is 1. The maximum absolute atomic E-state index is 6.21. The molecule has 23 heavy (non-hydrogen) atoms. The van der Waals surface area contributed by atoms with Crippen LogP contribution in [0.15, 0.2) is 22.5 Å². The van der Waals surface area contributed by atoms with Gasteiger partial charge in [-0.1, -0.05) is 13.0 Å². The van der Waals surface area contributed by atoms with Crippen molar-refractivity contribution in [2.24, 2.45) is 22.6 Å². The first-order valence-electron chi connectivity index (χ1n) is 9.00. The molecule has 3 rings (SSSR count). The number of rotatable bonds is 4. The Morgan fingerprint density at radius 2 is 2.13 bits per heavy atom. The van der Waals surface area contributed by atoms with E-state index in [1.165, 1.54) is 43.6 Å². The van der Waals surface area contributed by atoms with E-state index in [9.17, 15) is 0 Å². The molecule has 0 aliphatic carbocycles. The van der Waals surface area contributed by atoms with E-state index >= 15 is 0 Å². The lowest BCUT2D eigenvalue weighted by molar-refractivity contribution is 0.181. The van der Waals surface area contributed by atoms with E-state index < -0.39 is 0 Å². The second kappa shape index (κ2) is 8.15. The summed E-state index contributed by atoms with van der Waals surface area (Å²) >= 11 is 1.86. The summed E-state index contributed by atoms with van der Waals surface area (Å²) in [6.07, 6.45) is 5.07. The van der Waals surface area contributed by atoms with E-state index in [1.807, 2.05) is 11.3 Å². The van der Waals surface area contributed by atoms with E-state index in [4.69, 9.17) is 10.7 Å². The molecular formula is C18H30N4S. The van der Waals surface area contributed by atoms with Crippen molar-refractivity contribution in [3.05, 3.63) is 22.4 Å². The zero-order chi connectivity index (χ0) is 16.1. The Bertz CT molecular complexity index is 491. The minimum Gasteiger partial charge on any atom is -0.370 e. The first-order valence-corrected chi connectivity index (χ1v) is 9.88. The Balaban J connectivity index is 1.40. The number of thiophene rings is 1. The normalized spacial score (nSPS) is 25.0. The molecule has 2 aliphatic heterocycles. The Morgan fingerprint density at radius 1 is 1.30 bits per heavy atom. The summed E-state index contributed by atoms with van der Waals surface area (Å²) in [4.78, 5) is 11.0. The number of nitrogens with zero attached hydrogens (tertiary/aromatic N) is 3. The smallest absolute Gasteiger partial charge is 0.191 e. The molecule has 1 unspecified atom stereocenters. The predicted octanol–water partition coefficient (Wildman–Crippen LogP) is 3.01. The molecule has 1 aromatic heterocycles. The van der Waals surface area contributed by atoms with Gasteiger partial charge < -0.3 is 10.6 Å². The van der Waals surface area contributed by atoms with Gasteiger partial charge in [-0.25, -0.2) is 0 Å². The fourth-order valence-electron chi connectivity index (χ4n) is 3.67. The first kappa shape index (κ1) is 16.8. The van der Waals surface area contributed by atoms with Crippen LogP contribution in [0.4, 0.5) is 0 Å². The third-order valence-electron chi connectivity index (χ3n) is 5.16. The number of nitrogens with two attached hydrogens (primary N) is 1. The standard InChI is InChI=1S/C18H30N4S/c1-15-4-2-8-22(13-15)18(19)20-12-16-6-9-21(10-7-16)14-17-5-3-11-23-17/h3,5,11,15-16H,2,4,6-10,12-14H2,1H3,(H2,19,20). The van der Waals surface area contributed by atoms with Crippen LogP contribution in [0.25, 0.3) is 0 Å². The molecule has 2 saturated heterocycles. The Labute approximate surface area is 144 Å². The van der Waals surface area contributed by atoms with Gasteiger partial charge in [-0.3, -0.25) is 9.89 Å². The minimum atomic E-state index is 0.704. The molecule has 0 spiro atoms. The van der Waals surface area contributed by atoms with E-state index in [0.717, 1.165) is 38.1 Å². The SMILES string of the molecule is CC1CCCN(C(N)=NCC2CCN(Cc3cccs3)CC2)C1. The van der Waals surface area contributed by atoms with Crippen LogP contribution >= 0.6 is 11.3 Å². The molecule has 0 amide bonds. The lowest BCUT2D eigenvalue weighted by Gasteiger charge is -2.33. The largest absolute Gasteiger partial charge is 0.370 e. The van der Waals surface area contributed by atoms with Crippen molar-refractivity contribution in [2.45, 2.75) is 39.2 Å². The van der Waals surface area contributed by atoms with Crippen LogP contribution < -0.4 is 5.73 Å². The van der Waals surface area contributed by atoms with Gasteiger partial charge in [0.1, 0.15) is 0 Å². The summed E-state index contributed by atoms with van der Waals surface area (Å²) in [6, 6.07) is 4.38. The molecule has 2 aliphatic rings. The van der Waals surface area contributed by atoms with Crippen molar-refractivity contribution >= 4 is 17.3 Å². The van der Waals surface area contributed by atoms with Crippen molar-refractivity contribution < 1.29 is 0 Å². The Kier molecular flexibility index (Phi) is 5.95. The van der Waals surface area contributed by atoms with Gasteiger partial charge in [0.2, 0.25) is 0 Å². The Morgan fingerprint density at radius 3 is 2.83 bits per heavy atom.